The largest absolute Gasteiger partial charge is 0.326 e. The Kier molecular flexibility index (Phi) is 3.73. The second kappa shape index (κ2) is 5.07. The third-order valence-electron chi connectivity index (χ3n) is 3.42. The van der Waals surface area contributed by atoms with E-state index in [0.29, 0.717) is 0 Å². The molecule has 6 heteroatoms. The minimum absolute atomic E-state index is 0.817. The van der Waals surface area contributed by atoms with Gasteiger partial charge in [-0.05, 0) is 19.1 Å². The van der Waals surface area contributed by atoms with Crippen molar-refractivity contribution in [2.24, 2.45) is 7.05 Å². The number of nitrogens with one attached hydrogen (secondary N) is 2. The normalized spacial score (nSPS) is 25.9. The van der Waals surface area contributed by atoms with Crippen LogP contribution in [0.1, 0.15) is 6.92 Å². The van der Waals surface area contributed by atoms with Crippen LogP contribution in [-0.4, -0.2) is 47.1 Å². The van der Waals surface area contributed by atoms with E-state index in [1.54, 1.807) is 16.1 Å². The number of nitrogens with zero attached hydrogens (tertiary/aromatic N) is 3. The summed E-state index contributed by atoms with van der Waals surface area (Å²) in [6.45, 7) is 9.41. The van der Waals surface area contributed by atoms with Gasteiger partial charge < -0.3 is 14.4 Å². The molecule has 0 spiro atoms. The van der Waals surface area contributed by atoms with E-state index in [9.17, 15) is 0 Å². The lowest BCUT2D eigenvalue weighted by molar-refractivity contribution is -1.02. The van der Waals surface area contributed by atoms with Gasteiger partial charge in [0, 0.05) is 7.05 Å². The number of aryl methyl sites for hydroxylation is 1. The number of rotatable bonds is 3. The zero-order chi connectivity index (χ0) is 11.5. The van der Waals surface area contributed by atoms with Gasteiger partial charge in [-0.25, -0.2) is 0 Å². The highest BCUT2D eigenvalue weighted by molar-refractivity contribution is 7.71. The van der Waals surface area contributed by atoms with Crippen molar-refractivity contribution >= 4 is 12.2 Å². The summed E-state index contributed by atoms with van der Waals surface area (Å²) < 4.78 is 4.64. The van der Waals surface area contributed by atoms with E-state index in [1.165, 1.54) is 32.7 Å². The molecule has 0 unspecified atom stereocenters. The average molecular weight is 243 g/mol. The molecule has 16 heavy (non-hydrogen) atoms. The highest BCUT2D eigenvalue weighted by Crippen LogP contribution is 1.86. The second-order valence-corrected chi connectivity index (χ2v) is 4.90. The van der Waals surface area contributed by atoms with Gasteiger partial charge in [-0.3, -0.25) is 0 Å². The lowest BCUT2D eigenvalue weighted by Gasteiger charge is -2.28. The van der Waals surface area contributed by atoms with Crippen molar-refractivity contribution in [2.75, 3.05) is 32.7 Å². The molecule has 0 saturated carbocycles. The topological polar surface area (TPSA) is 31.6 Å². The van der Waals surface area contributed by atoms with Gasteiger partial charge in [0.15, 0.2) is 6.67 Å². The van der Waals surface area contributed by atoms with Crippen molar-refractivity contribution in [3.8, 4) is 0 Å². The molecular weight excluding hydrogens is 222 g/mol. The number of hydrogen-bond donors (Lipinski definition) is 2. The molecule has 90 valence electrons. The summed E-state index contributed by atoms with van der Waals surface area (Å²) >= 11 is 5.29. The van der Waals surface area contributed by atoms with Crippen molar-refractivity contribution in [2.45, 2.75) is 13.6 Å². The van der Waals surface area contributed by atoms with Gasteiger partial charge in [-0.2, -0.15) is 9.78 Å². The van der Waals surface area contributed by atoms with Crippen molar-refractivity contribution < 1.29 is 9.80 Å². The first kappa shape index (κ1) is 11.8. The zero-order valence-electron chi connectivity index (χ0n) is 10.1. The second-order valence-electron chi connectivity index (χ2n) is 4.54. The Morgan fingerprint density at radius 3 is 2.44 bits per heavy atom. The summed E-state index contributed by atoms with van der Waals surface area (Å²) in [6.07, 6.45) is 1.79. The summed E-state index contributed by atoms with van der Waals surface area (Å²) in [6, 6.07) is 0. The van der Waals surface area contributed by atoms with Crippen LogP contribution in [0.5, 0.6) is 0 Å². The van der Waals surface area contributed by atoms with Crippen LogP contribution in [0.4, 0.5) is 0 Å². The van der Waals surface area contributed by atoms with E-state index in [4.69, 9.17) is 12.2 Å². The molecule has 0 aromatic carbocycles. The minimum Gasteiger partial charge on any atom is -0.326 e. The maximum atomic E-state index is 5.29. The maximum absolute atomic E-state index is 5.29. The zero-order valence-corrected chi connectivity index (χ0v) is 10.9. The van der Waals surface area contributed by atoms with Crippen LogP contribution in [0.25, 0.3) is 0 Å². The van der Waals surface area contributed by atoms with Crippen LogP contribution in [-0.2, 0) is 13.7 Å². The molecule has 2 rings (SSSR count). The lowest BCUT2D eigenvalue weighted by Crippen LogP contribution is -3.27. The van der Waals surface area contributed by atoms with Crippen LogP contribution in [0.3, 0.4) is 0 Å². The Bertz CT molecular complexity index is 388. The van der Waals surface area contributed by atoms with E-state index >= 15 is 0 Å². The standard InChI is InChI=1S/C10H19N5S/c1-3-13-4-6-14(7-5-13)9-15-10(16)12(2)8-11-15/h8H,3-7,9H2,1-2H3/p+2. The Balaban J connectivity index is 1.92. The van der Waals surface area contributed by atoms with Gasteiger partial charge in [0.25, 0.3) is 0 Å². The minimum atomic E-state index is 0.817. The molecule has 0 bridgehead atoms. The van der Waals surface area contributed by atoms with E-state index in [2.05, 4.69) is 12.0 Å². The number of quaternary nitrogens is 2. The molecule has 1 aliphatic heterocycles. The smallest absolute Gasteiger partial charge is 0.202 e. The van der Waals surface area contributed by atoms with Crippen LogP contribution < -0.4 is 9.80 Å². The van der Waals surface area contributed by atoms with Crippen LogP contribution in [0.15, 0.2) is 6.33 Å². The molecule has 1 saturated heterocycles. The molecular formula is C10H21N5S+2. The summed E-state index contributed by atoms with van der Waals surface area (Å²) in [5, 5.41) is 4.30. The van der Waals surface area contributed by atoms with E-state index in [0.717, 1.165) is 11.4 Å². The summed E-state index contributed by atoms with van der Waals surface area (Å²) in [4.78, 5) is 3.31. The predicted octanol–water partition coefficient (Wildman–Crippen LogP) is -2.29. The highest BCUT2D eigenvalue weighted by atomic mass is 32.1. The molecule has 2 heterocycles. The first-order valence-corrected chi connectivity index (χ1v) is 6.37. The molecule has 1 aromatic rings. The van der Waals surface area contributed by atoms with Gasteiger partial charge in [0.2, 0.25) is 4.77 Å². The number of piperazine rings is 1. The molecule has 5 nitrogen and oxygen atoms in total. The Hall–Kier alpha value is -0.720. The molecule has 0 radical (unpaired) electrons. The maximum Gasteiger partial charge on any atom is 0.202 e. The molecule has 1 aliphatic rings. The Morgan fingerprint density at radius 1 is 1.31 bits per heavy atom. The van der Waals surface area contributed by atoms with Crippen molar-refractivity contribution in [1.82, 2.24) is 14.3 Å². The summed E-state index contributed by atoms with van der Waals surface area (Å²) in [5.41, 5.74) is 0. The van der Waals surface area contributed by atoms with Crippen LogP contribution >= 0.6 is 12.2 Å². The predicted molar refractivity (Wildman–Crippen MR) is 64.0 cm³/mol. The number of aromatic nitrogens is 3. The number of hydrogen-bond acceptors (Lipinski definition) is 2. The Labute approximate surface area is 101 Å². The fourth-order valence-electron chi connectivity index (χ4n) is 2.21. The highest BCUT2D eigenvalue weighted by Gasteiger charge is 2.21. The molecule has 0 aliphatic carbocycles. The van der Waals surface area contributed by atoms with Gasteiger partial charge >= 0.3 is 0 Å². The SMILES string of the molecule is CC[NH+]1CC[NH+](Cn2ncn(C)c2=S)CC1. The third kappa shape index (κ3) is 2.50. The van der Waals surface area contributed by atoms with Gasteiger partial charge in [-0.1, -0.05) is 0 Å². The van der Waals surface area contributed by atoms with Crippen molar-refractivity contribution in [3.05, 3.63) is 11.1 Å². The fourth-order valence-corrected chi connectivity index (χ4v) is 2.37. The quantitative estimate of drug-likeness (QED) is 0.586. The van der Waals surface area contributed by atoms with Gasteiger partial charge in [-0.15, -0.1) is 0 Å². The first-order valence-electron chi connectivity index (χ1n) is 5.96. The van der Waals surface area contributed by atoms with Gasteiger partial charge in [0.05, 0.1) is 6.54 Å². The molecule has 1 aromatic heterocycles. The summed E-state index contributed by atoms with van der Waals surface area (Å²) in [5.74, 6) is 0. The fraction of sp³-hybridized carbons (Fsp3) is 0.800. The number of likely N-dealkylation sites (N-methyl/N-ethyl adjacent to an activating group) is 1. The third-order valence-corrected chi connectivity index (χ3v) is 3.92. The van der Waals surface area contributed by atoms with Crippen LogP contribution in [0, 0.1) is 4.77 Å². The molecule has 0 amide bonds. The van der Waals surface area contributed by atoms with E-state index < -0.39 is 0 Å². The molecule has 2 N–H and O–H groups in total. The van der Waals surface area contributed by atoms with Crippen LogP contribution in [0.2, 0.25) is 0 Å². The van der Waals surface area contributed by atoms with Crippen molar-refractivity contribution in [1.29, 1.82) is 0 Å². The molecule has 0 atom stereocenters. The molecule has 1 fully saturated rings. The van der Waals surface area contributed by atoms with E-state index in [1.807, 2.05) is 16.3 Å². The lowest BCUT2D eigenvalue weighted by atomic mass is 10.3. The Morgan fingerprint density at radius 2 is 1.94 bits per heavy atom. The monoisotopic (exact) mass is 243 g/mol. The van der Waals surface area contributed by atoms with Crippen molar-refractivity contribution in [3.63, 3.8) is 0 Å². The summed E-state index contributed by atoms with van der Waals surface area (Å²) in [7, 11) is 1.94. The van der Waals surface area contributed by atoms with E-state index in [-0.39, 0.29) is 0 Å². The first-order chi connectivity index (χ1) is 7.70. The average Bonchev–Trinajstić information content (AvgIpc) is 2.62. The van der Waals surface area contributed by atoms with Gasteiger partial charge in [0.1, 0.15) is 32.5 Å².